The van der Waals surface area contributed by atoms with Crippen molar-refractivity contribution in [3.63, 3.8) is 0 Å². The zero-order valence-electron chi connectivity index (χ0n) is 11.9. The molecule has 3 unspecified atom stereocenters. The second kappa shape index (κ2) is 5.60. The Hall–Kier alpha value is -1.69. The lowest BCUT2D eigenvalue weighted by Gasteiger charge is -2.45. The summed E-state index contributed by atoms with van der Waals surface area (Å²) in [6, 6.07) is 9.17. The number of hydrogen-bond donors (Lipinski definition) is 0. The number of rotatable bonds is 2. The maximum Gasteiger partial charge on any atom is 0.258 e. The summed E-state index contributed by atoms with van der Waals surface area (Å²) in [5.41, 5.74) is 1.02. The highest BCUT2D eigenvalue weighted by Gasteiger charge is 2.48. The molecule has 0 spiro atoms. The maximum absolute atomic E-state index is 12.7. The summed E-state index contributed by atoms with van der Waals surface area (Å²) in [5, 5.41) is -0.775. The molecule has 6 heteroatoms. The van der Waals surface area contributed by atoms with Gasteiger partial charge in [0, 0.05) is 25.8 Å². The molecule has 21 heavy (non-hydrogen) atoms. The molecule has 2 amide bonds. The minimum Gasteiger partial charge on any atom is -0.331 e. The van der Waals surface area contributed by atoms with Crippen LogP contribution in [0.2, 0.25) is 0 Å². The van der Waals surface area contributed by atoms with Gasteiger partial charge in [-0.3, -0.25) is 13.8 Å². The Kier molecular flexibility index (Phi) is 3.80. The topological polar surface area (TPSA) is 57.7 Å². The number of hydrogen-bond acceptors (Lipinski definition) is 3. The van der Waals surface area contributed by atoms with Crippen LogP contribution in [0, 0.1) is 0 Å². The van der Waals surface area contributed by atoms with E-state index in [2.05, 4.69) is 0 Å². The molecule has 0 aromatic heterocycles. The molecule has 3 atom stereocenters. The second-order valence-electron chi connectivity index (χ2n) is 5.48. The van der Waals surface area contributed by atoms with Crippen molar-refractivity contribution in [2.45, 2.75) is 24.3 Å². The summed E-state index contributed by atoms with van der Waals surface area (Å²) in [7, 11) is 0.360. The third-order valence-electron chi connectivity index (χ3n) is 4.14. The minimum atomic E-state index is -1.28. The van der Waals surface area contributed by atoms with Gasteiger partial charge in [0.1, 0.15) is 6.04 Å². The SMILES string of the molecule is CN1C(=O)C2N(CCCS2=O)C(=O)C1Cc1ccccc1. The average Bonchev–Trinajstić information content (AvgIpc) is 2.50. The van der Waals surface area contributed by atoms with Crippen LogP contribution in [-0.2, 0) is 26.8 Å². The van der Waals surface area contributed by atoms with Crippen molar-refractivity contribution in [2.24, 2.45) is 0 Å². The molecule has 2 fully saturated rings. The van der Waals surface area contributed by atoms with E-state index in [1.54, 1.807) is 7.05 Å². The van der Waals surface area contributed by atoms with Crippen LogP contribution < -0.4 is 0 Å². The van der Waals surface area contributed by atoms with E-state index >= 15 is 0 Å². The monoisotopic (exact) mass is 306 g/mol. The molecule has 0 N–H and O–H groups in total. The molecule has 2 aliphatic rings. The van der Waals surface area contributed by atoms with Gasteiger partial charge in [0.25, 0.3) is 5.91 Å². The zero-order valence-corrected chi connectivity index (χ0v) is 12.7. The molecule has 0 saturated carbocycles. The van der Waals surface area contributed by atoms with E-state index in [4.69, 9.17) is 0 Å². The number of fused-ring (bicyclic) bond motifs is 1. The fourth-order valence-corrected chi connectivity index (χ4v) is 4.49. The first-order valence-electron chi connectivity index (χ1n) is 7.08. The van der Waals surface area contributed by atoms with Crippen LogP contribution in [-0.4, -0.2) is 56.6 Å². The Balaban J connectivity index is 1.87. The molecule has 112 valence electrons. The molecule has 2 saturated heterocycles. The lowest BCUT2D eigenvalue weighted by Crippen LogP contribution is -2.67. The number of nitrogens with zero attached hydrogens (tertiary/aromatic N) is 2. The molecular formula is C15H18N2O3S. The predicted octanol–water partition coefficient (Wildman–Crippen LogP) is 0.377. The van der Waals surface area contributed by atoms with Crippen molar-refractivity contribution < 1.29 is 13.8 Å². The van der Waals surface area contributed by atoms with Gasteiger partial charge in [0.15, 0.2) is 5.37 Å². The molecule has 1 aromatic carbocycles. The third kappa shape index (κ3) is 2.48. The zero-order chi connectivity index (χ0) is 15.0. The molecule has 3 rings (SSSR count). The lowest BCUT2D eigenvalue weighted by atomic mass is 10.0. The molecular weight excluding hydrogens is 288 g/mol. The van der Waals surface area contributed by atoms with Crippen LogP contribution >= 0.6 is 0 Å². The van der Waals surface area contributed by atoms with E-state index in [0.717, 1.165) is 5.56 Å². The van der Waals surface area contributed by atoms with Gasteiger partial charge >= 0.3 is 0 Å². The van der Waals surface area contributed by atoms with E-state index in [1.165, 1.54) is 9.80 Å². The predicted molar refractivity (Wildman–Crippen MR) is 79.8 cm³/mol. The highest BCUT2D eigenvalue weighted by Crippen LogP contribution is 2.25. The first kappa shape index (κ1) is 14.3. The summed E-state index contributed by atoms with van der Waals surface area (Å²) < 4.78 is 12.1. The highest BCUT2D eigenvalue weighted by atomic mass is 32.2. The highest BCUT2D eigenvalue weighted by molar-refractivity contribution is 7.86. The Morgan fingerprint density at radius 3 is 2.62 bits per heavy atom. The largest absolute Gasteiger partial charge is 0.331 e. The van der Waals surface area contributed by atoms with Gasteiger partial charge in [-0.05, 0) is 12.0 Å². The molecule has 0 radical (unpaired) electrons. The van der Waals surface area contributed by atoms with Gasteiger partial charge in [0.05, 0.1) is 10.8 Å². The number of benzene rings is 1. The van der Waals surface area contributed by atoms with Gasteiger partial charge < -0.3 is 9.80 Å². The van der Waals surface area contributed by atoms with E-state index in [0.29, 0.717) is 25.1 Å². The normalized spacial score (nSPS) is 29.5. The Bertz CT molecular complexity index is 590. The molecule has 5 nitrogen and oxygen atoms in total. The maximum atomic E-state index is 12.7. The van der Waals surface area contributed by atoms with E-state index in [1.807, 2.05) is 30.3 Å². The Labute approximate surface area is 126 Å². The van der Waals surface area contributed by atoms with Gasteiger partial charge in [-0.25, -0.2) is 0 Å². The Morgan fingerprint density at radius 2 is 1.90 bits per heavy atom. The second-order valence-corrected chi connectivity index (χ2v) is 7.09. The van der Waals surface area contributed by atoms with Crippen molar-refractivity contribution in [3.8, 4) is 0 Å². The van der Waals surface area contributed by atoms with Crippen molar-refractivity contribution in [1.29, 1.82) is 0 Å². The first-order valence-corrected chi connectivity index (χ1v) is 8.46. The molecule has 0 bridgehead atoms. The summed E-state index contributed by atoms with van der Waals surface area (Å²) >= 11 is 0. The average molecular weight is 306 g/mol. The van der Waals surface area contributed by atoms with Crippen LogP contribution in [0.1, 0.15) is 12.0 Å². The molecule has 2 aliphatic heterocycles. The van der Waals surface area contributed by atoms with Crippen LogP contribution in [0.5, 0.6) is 0 Å². The quantitative estimate of drug-likeness (QED) is 0.793. The minimum absolute atomic E-state index is 0.0843. The lowest BCUT2D eigenvalue weighted by molar-refractivity contribution is -0.156. The van der Waals surface area contributed by atoms with Crippen LogP contribution in [0.4, 0.5) is 0 Å². The van der Waals surface area contributed by atoms with Crippen LogP contribution in [0.3, 0.4) is 0 Å². The fourth-order valence-electron chi connectivity index (χ4n) is 2.97. The standard InChI is InChI=1S/C15H18N2O3S/c1-16-12(10-11-6-3-2-4-7-11)13(18)17-8-5-9-21(20)15(17)14(16)19/h2-4,6-7,12,15H,5,8-10H2,1H3. The van der Waals surface area contributed by atoms with Gasteiger partial charge in [-0.2, -0.15) is 0 Å². The number of carbonyl (C=O) groups excluding carboxylic acids is 2. The third-order valence-corrected chi connectivity index (χ3v) is 5.79. The summed E-state index contributed by atoms with van der Waals surface area (Å²) in [5.74, 6) is 0.213. The number of likely N-dealkylation sites (N-methyl/N-ethyl adjacent to an activating group) is 1. The van der Waals surface area contributed by atoms with Gasteiger partial charge in [0.2, 0.25) is 5.91 Å². The summed E-state index contributed by atoms with van der Waals surface area (Å²) in [6.07, 6.45) is 1.20. The fraction of sp³-hybridized carbons (Fsp3) is 0.467. The van der Waals surface area contributed by atoms with E-state index in [9.17, 15) is 13.8 Å². The van der Waals surface area contributed by atoms with Gasteiger partial charge in [-0.1, -0.05) is 30.3 Å². The first-order chi connectivity index (χ1) is 10.1. The number of piperazine rings is 1. The molecule has 2 heterocycles. The molecule has 0 aliphatic carbocycles. The van der Waals surface area contributed by atoms with Crippen molar-refractivity contribution in [2.75, 3.05) is 19.3 Å². The van der Waals surface area contributed by atoms with Crippen LogP contribution in [0.15, 0.2) is 30.3 Å². The van der Waals surface area contributed by atoms with E-state index < -0.39 is 22.2 Å². The van der Waals surface area contributed by atoms with Crippen molar-refractivity contribution >= 4 is 22.6 Å². The summed E-state index contributed by atoms with van der Waals surface area (Å²) in [6.45, 7) is 0.528. The number of carbonyl (C=O) groups is 2. The van der Waals surface area contributed by atoms with E-state index in [-0.39, 0.29) is 11.8 Å². The smallest absolute Gasteiger partial charge is 0.258 e. The Morgan fingerprint density at radius 1 is 1.19 bits per heavy atom. The van der Waals surface area contributed by atoms with Crippen molar-refractivity contribution in [1.82, 2.24) is 9.80 Å². The van der Waals surface area contributed by atoms with Gasteiger partial charge in [-0.15, -0.1) is 0 Å². The van der Waals surface area contributed by atoms with Crippen LogP contribution in [0.25, 0.3) is 0 Å². The number of amides is 2. The van der Waals surface area contributed by atoms with Crippen molar-refractivity contribution in [3.05, 3.63) is 35.9 Å². The molecule has 1 aromatic rings. The summed E-state index contributed by atoms with van der Waals surface area (Å²) in [4.78, 5) is 28.1.